The molecule has 0 unspecified atom stereocenters. The first kappa shape index (κ1) is 20.9. The van der Waals surface area contributed by atoms with Crippen molar-refractivity contribution in [2.45, 2.75) is 6.16 Å². The fourth-order valence-electron chi connectivity index (χ4n) is 3.54. The summed E-state index contributed by atoms with van der Waals surface area (Å²) >= 11 is 3.46. The Morgan fingerprint density at radius 3 is 1.39 bits per heavy atom. The summed E-state index contributed by atoms with van der Waals surface area (Å²) in [6, 6.07) is 37.1. The molecule has 3 aromatic carbocycles. The van der Waals surface area contributed by atoms with Gasteiger partial charge < -0.3 is 17.0 Å². The third kappa shape index (κ3) is 4.27. The molecule has 0 aliphatic heterocycles. The van der Waals surface area contributed by atoms with Gasteiger partial charge in [0.1, 0.15) is 27.8 Å². The zero-order valence-electron chi connectivity index (χ0n) is 15.2. The summed E-state index contributed by atoms with van der Waals surface area (Å²) in [5, 5.41) is 4.18. The van der Waals surface area contributed by atoms with Crippen molar-refractivity contribution in [1.82, 2.24) is 4.98 Å². The van der Waals surface area contributed by atoms with Gasteiger partial charge in [-0.15, -0.1) is 0 Å². The lowest BCUT2D eigenvalue weighted by Gasteiger charge is -2.27. The number of rotatable bonds is 5. The Morgan fingerprint density at radius 2 is 1.04 bits per heavy atom. The summed E-state index contributed by atoms with van der Waals surface area (Å²) in [5.74, 6) is 0. The van der Waals surface area contributed by atoms with E-state index >= 15 is 0 Å². The van der Waals surface area contributed by atoms with Gasteiger partial charge in [0.15, 0.2) is 0 Å². The predicted octanol–water partition coefficient (Wildman–Crippen LogP) is 2.34. The molecule has 28 heavy (non-hydrogen) atoms. The zero-order chi connectivity index (χ0) is 18.5. The molecule has 0 aliphatic rings. The Kier molecular flexibility index (Phi) is 7.18. The van der Waals surface area contributed by atoms with E-state index in [0.717, 1.165) is 10.8 Å². The molecular formula is C24H20Br2NP. The molecule has 0 aliphatic carbocycles. The van der Waals surface area contributed by atoms with Gasteiger partial charge in [0.05, 0.1) is 6.16 Å². The van der Waals surface area contributed by atoms with E-state index in [1.807, 2.05) is 12.3 Å². The lowest BCUT2D eigenvalue weighted by atomic mass is 10.3. The van der Waals surface area contributed by atoms with Crippen molar-refractivity contribution >= 4 is 39.1 Å². The molecule has 1 heterocycles. The van der Waals surface area contributed by atoms with Crippen molar-refractivity contribution in [3.05, 3.63) is 119 Å². The fraction of sp³-hybridized carbons (Fsp3) is 0.0417. The number of hydrogen-bond donors (Lipinski definition) is 0. The molecule has 0 amide bonds. The number of hydrogen-bond acceptors (Lipinski definition) is 1. The first-order chi connectivity index (χ1) is 13.3. The third-order valence-electron chi connectivity index (χ3n) is 4.80. The molecule has 140 valence electrons. The van der Waals surface area contributed by atoms with Crippen LogP contribution in [0.2, 0.25) is 0 Å². The van der Waals surface area contributed by atoms with Gasteiger partial charge in [-0.2, -0.15) is 0 Å². The maximum atomic E-state index is 4.48. The van der Waals surface area contributed by atoms with Crippen LogP contribution in [0.15, 0.2) is 114 Å². The van der Waals surface area contributed by atoms with E-state index in [4.69, 9.17) is 0 Å². The van der Waals surface area contributed by atoms with Crippen molar-refractivity contribution in [3.63, 3.8) is 0 Å². The summed E-state index contributed by atoms with van der Waals surface area (Å²) in [6.07, 6.45) is 2.94. The van der Waals surface area contributed by atoms with Gasteiger partial charge in [-0.25, -0.2) is 4.98 Å². The average Bonchev–Trinajstić information content (AvgIpc) is 2.75. The maximum absolute atomic E-state index is 4.48. The molecule has 0 spiro atoms. The third-order valence-corrected chi connectivity index (χ3v) is 9.65. The van der Waals surface area contributed by atoms with Gasteiger partial charge in [0.2, 0.25) is 0 Å². The molecule has 0 saturated heterocycles. The first-order valence-electron chi connectivity index (χ1n) is 8.94. The highest BCUT2D eigenvalue weighted by atomic mass is 79.9. The Morgan fingerprint density at radius 1 is 0.607 bits per heavy atom. The van der Waals surface area contributed by atoms with Crippen LogP contribution in [-0.4, -0.2) is 4.98 Å². The molecule has 1 nitrogen and oxygen atoms in total. The Balaban J connectivity index is 0.00000225. The van der Waals surface area contributed by atoms with Crippen LogP contribution in [0.1, 0.15) is 5.56 Å². The monoisotopic (exact) mass is 511 g/mol. The number of nitrogens with zero attached hydrogens (tertiary/aromatic N) is 1. The van der Waals surface area contributed by atoms with Gasteiger partial charge in [-0.05, 0) is 58.4 Å². The van der Waals surface area contributed by atoms with Crippen LogP contribution in [0.3, 0.4) is 0 Å². The van der Waals surface area contributed by atoms with E-state index in [1.165, 1.54) is 21.5 Å². The zero-order valence-corrected chi connectivity index (χ0v) is 19.3. The molecule has 0 bridgehead atoms. The van der Waals surface area contributed by atoms with Gasteiger partial charge in [0.25, 0.3) is 0 Å². The second-order valence-electron chi connectivity index (χ2n) is 6.46. The molecule has 4 heteroatoms. The quantitative estimate of drug-likeness (QED) is 0.295. The SMILES string of the molecule is Brc1ccc(C[P+](c2ccccc2)(c2ccccc2)c2ccccc2)cn1.[Br-]. The minimum atomic E-state index is -1.85. The van der Waals surface area contributed by atoms with Crippen LogP contribution >= 0.6 is 23.2 Å². The Bertz CT molecular complexity index is 894. The lowest BCUT2D eigenvalue weighted by Crippen LogP contribution is -3.00. The van der Waals surface area contributed by atoms with Crippen LogP contribution in [0.5, 0.6) is 0 Å². The molecule has 0 radical (unpaired) electrons. The number of pyridine rings is 1. The minimum absolute atomic E-state index is 0. The predicted molar refractivity (Wildman–Crippen MR) is 121 cm³/mol. The summed E-state index contributed by atoms with van der Waals surface area (Å²) in [4.78, 5) is 4.48. The van der Waals surface area contributed by atoms with Gasteiger partial charge in [0, 0.05) is 11.8 Å². The van der Waals surface area contributed by atoms with Crippen LogP contribution in [-0.2, 0) is 6.16 Å². The molecule has 0 fully saturated rings. The lowest BCUT2D eigenvalue weighted by molar-refractivity contribution is -0.00000518. The van der Waals surface area contributed by atoms with Gasteiger partial charge in [-0.3, -0.25) is 0 Å². The molecular weight excluding hydrogens is 493 g/mol. The minimum Gasteiger partial charge on any atom is -1.00 e. The van der Waals surface area contributed by atoms with Crippen LogP contribution < -0.4 is 32.9 Å². The molecule has 4 aromatic rings. The highest BCUT2D eigenvalue weighted by molar-refractivity contribution is 9.10. The van der Waals surface area contributed by atoms with Crippen molar-refractivity contribution in [3.8, 4) is 0 Å². The van der Waals surface area contributed by atoms with Crippen LogP contribution in [0.4, 0.5) is 0 Å². The molecule has 0 saturated carbocycles. The first-order valence-corrected chi connectivity index (χ1v) is 11.7. The van der Waals surface area contributed by atoms with Crippen LogP contribution in [0, 0.1) is 0 Å². The fourth-order valence-corrected chi connectivity index (χ4v) is 8.00. The summed E-state index contributed by atoms with van der Waals surface area (Å²) in [6.45, 7) is 0. The summed E-state index contributed by atoms with van der Waals surface area (Å²) in [7, 11) is -1.85. The van der Waals surface area contributed by atoms with E-state index in [-0.39, 0.29) is 17.0 Å². The number of benzene rings is 3. The number of halogens is 2. The van der Waals surface area contributed by atoms with Crippen molar-refractivity contribution in [1.29, 1.82) is 0 Å². The van der Waals surface area contributed by atoms with E-state index in [9.17, 15) is 0 Å². The molecule has 1 aromatic heterocycles. The maximum Gasteiger partial charge on any atom is 0.116 e. The Hall–Kier alpha value is -1.80. The smallest absolute Gasteiger partial charge is 0.116 e. The summed E-state index contributed by atoms with van der Waals surface area (Å²) in [5.41, 5.74) is 1.25. The summed E-state index contributed by atoms with van der Waals surface area (Å²) < 4.78 is 0.870. The standard InChI is InChI=1S/C24H20BrNP.BrH/c25-24-17-16-20(18-26-24)19-27(21-10-4-1-5-11-21,22-12-6-2-7-13-22)23-14-8-3-9-15-23;/h1-18H,19H2;1H/q+1;/p-1. The normalized spacial score (nSPS) is 10.9. The second kappa shape index (κ2) is 9.60. The van der Waals surface area contributed by atoms with Crippen molar-refractivity contribution < 1.29 is 17.0 Å². The number of aromatic nitrogens is 1. The van der Waals surface area contributed by atoms with E-state index in [2.05, 4.69) is 118 Å². The topological polar surface area (TPSA) is 12.9 Å². The van der Waals surface area contributed by atoms with Crippen molar-refractivity contribution in [2.24, 2.45) is 0 Å². The molecule has 0 atom stereocenters. The average molecular weight is 513 g/mol. The van der Waals surface area contributed by atoms with Gasteiger partial charge >= 0.3 is 0 Å². The molecule has 0 N–H and O–H groups in total. The second-order valence-corrected chi connectivity index (χ2v) is 10.8. The Labute approximate surface area is 186 Å². The van der Waals surface area contributed by atoms with Gasteiger partial charge in [-0.1, -0.05) is 60.7 Å². The van der Waals surface area contributed by atoms with E-state index in [1.54, 1.807) is 0 Å². The largest absolute Gasteiger partial charge is 1.00 e. The molecule has 4 rings (SSSR count). The van der Waals surface area contributed by atoms with Crippen LogP contribution in [0.25, 0.3) is 0 Å². The highest BCUT2D eigenvalue weighted by Crippen LogP contribution is 2.58. The van der Waals surface area contributed by atoms with E-state index in [0.29, 0.717) is 0 Å². The van der Waals surface area contributed by atoms with Crippen molar-refractivity contribution in [2.75, 3.05) is 0 Å². The van der Waals surface area contributed by atoms with E-state index < -0.39 is 7.26 Å². The highest BCUT2D eigenvalue weighted by Gasteiger charge is 2.45.